The van der Waals surface area contributed by atoms with Gasteiger partial charge in [-0.2, -0.15) is 0 Å². The van der Waals surface area contributed by atoms with E-state index in [-0.39, 0.29) is 17.6 Å². The smallest absolute Gasteiger partial charge is 0.267 e. The van der Waals surface area contributed by atoms with Crippen molar-refractivity contribution in [1.82, 2.24) is 10.3 Å². The van der Waals surface area contributed by atoms with Gasteiger partial charge in [-0.15, -0.1) is 0 Å². The number of carbonyl (C=O) groups excluding carboxylic acids is 1. The fourth-order valence-electron chi connectivity index (χ4n) is 3.69. The lowest BCUT2D eigenvalue weighted by molar-refractivity contribution is 0.0947. The zero-order valence-electron chi connectivity index (χ0n) is 14.8. The molecule has 0 saturated heterocycles. The second kappa shape index (κ2) is 6.95. The van der Waals surface area contributed by atoms with Crippen molar-refractivity contribution in [3.8, 4) is 0 Å². The molecule has 0 radical (unpaired) electrons. The number of H-pyrrole nitrogens is 1. The predicted molar refractivity (Wildman–Crippen MR) is 103 cm³/mol. The summed E-state index contributed by atoms with van der Waals surface area (Å²) in [6.07, 6.45) is 7.54. The Balaban J connectivity index is 1.46. The van der Waals surface area contributed by atoms with E-state index < -0.39 is 10.0 Å². The number of carbonyl (C=O) groups is 1. The summed E-state index contributed by atoms with van der Waals surface area (Å²) in [7, 11) is -3.36. The molecule has 1 aromatic heterocycles. The van der Waals surface area contributed by atoms with Gasteiger partial charge in [0.1, 0.15) is 5.69 Å². The monoisotopic (exact) mass is 375 g/mol. The van der Waals surface area contributed by atoms with Gasteiger partial charge in [0.15, 0.2) is 0 Å². The Labute approximate surface area is 153 Å². The summed E-state index contributed by atoms with van der Waals surface area (Å²) in [5.41, 5.74) is 1.87. The molecular formula is C19H25N3O3S. The molecule has 0 bridgehead atoms. The van der Waals surface area contributed by atoms with Crippen LogP contribution in [0.2, 0.25) is 0 Å². The van der Waals surface area contributed by atoms with Crippen LogP contribution in [0.25, 0.3) is 10.9 Å². The maximum absolute atomic E-state index is 12.5. The predicted octanol–water partition coefficient (Wildman–Crippen LogP) is 3.38. The molecular weight excluding hydrogens is 350 g/mol. The molecule has 4 rings (SSSR count). The second-order valence-corrected chi connectivity index (χ2v) is 9.39. The van der Waals surface area contributed by atoms with E-state index in [4.69, 9.17) is 0 Å². The van der Waals surface area contributed by atoms with Crippen LogP contribution in [-0.4, -0.2) is 31.1 Å². The van der Waals surface area contributed by atoms with Crippen LogP contribution in [0, 0.1) is 5.92 Å². The van der Waals surface area contributed by atoms with Crippen molar-refractivity contribution in [2.45, 2.75) is 51.0 Å². The Morgan fingerprint density at radius 2 is 1.85 bits per heavy atom. The van der Waals surface area contributed by atoms with Crippen molar-refractivity contribution < 1.29 is 13.2 Å². The number of nitrogens with one attached hydrogen (secondary N) is 3. The van der Waals surface area contributed by atoms with Gasteiger partial charge in [0, 0.05) is 22.6 Å². The van der Waals surface area contributed by atoms with Gasteiger partial charge in [0.2, 0.25) is 10.0 Å². The highest BCUT2D eigenvalue weighted by atomic mass is 32.2. The van der Waals surface area contributed by atoms with Gasteiger partial charge >= 0.3 is 0 Å². The minimum absolute atomic E-state index is 0.108. The van der Waals surface area contributed by atoms with E-state index in [9.17, 15) is 13.2 Å². The van der Waals surface area contributed by atoms with Crippen molar-refractivity contribution in [2.75, 3.05) is 10.5 Å². The number of fused-ring (bicyclic) bond motifs is 1. The average molecular weight is 375 g/mol. The van der Waals surface area contributed by atoms with Crippen LogP contribution >= 0.6 is 0 Å². The minimum Gasteiger partial charge on any atom is -0.351 e. The number of hydrogen-bond donors (Lipinski definition) is 3. The SMILES string of the molecule is O=C(NC1CC1)c1cc2cc(NS(=O)(=O)CC3CCCCC3)ccc2[nH]1. The first-order valence-electron chi connectivity index (χ1n) is 9.43. The molecule has 2 aromatic rings. The summed E-state index contributed by atoms with van der Waals surface area (Å²) in [6, 6.07) is 7.39. The number of aromatic nitrogens is 1. The van der Waals surface area contributed by atoms with Crippen molar-refractivity contribution in [3.63, 3.8) is 0 Å². The molecule has 1 amide bonds. The van der Waals surface area contributed by atoms with E-state index in [2.05, 4.69) is 15.0 Å². The third kappa shape index (κ3) is 4.20. The van der Waals surface area contributed by atoms with Crippen molar-refractivity contribution >= 4 is 32.5 Å². The normalized spacial score (nSPS) is 18.8. The Morgan fingerprint density at radius 3 is 2.58 bits per heavy atom. The zero-order chi connectivity index (χ0) is 18.1. The number of aromatic amines is 1. The van der Waals surface area contributed by atoms with Gasteiger partial charge in [-0.05, 0) is 55.9 Å². The maximum Gasteiger partial charge on any atom is 0.267 e. The van der Waals surface area contributed by atoms with E-state index >= 15 is 0 Å². The number of rotatable bonds is 6. The number of hydrogen-bond acceptors (Lipinski definition) is 3. The molecule has 2 aliphatic rings. The number of anilines is 1. The first-order valence-corrected chi connectivity index (χ1v) is 11.1. The first-order chi connectivity index (χ1) is 12.5. The quantitative estimate of drug-likeness (QED) is 0.723. The van der Waals surface area contributed by atoms with E-state index in [1.165, 1.54) is 6.42 Å². The molecule has 2 saturated carbocycles. The molecule has 3 N–H and O–H groups in total. The minimum atomic E-state index is -3.36. The number of sulfonamides is 1. The van der Waals surface area contributed by atoms with Gasteiger partial charge in [-0.1, -0.05) is 19.3 Å². The molecule has 0 spiro atoms. The lowest BCUT2D eigenvalue weighted by Gasteiger charge is -2.21. The van der Waals surface area contributed by atoms with Crippen LogP contribution in [0.1, 0.15) is 55.4 Å². The summed E-state index contributed by atoms with van der Waals surface area (Å²) in [4.78, 5) is 15.2. The summed E-state index contributed by atoms with van der Waals surface area (Å²) in [5, 5.41) is 3.77. The van der Waals surface area contributed by atoms with Gasteiger partial charge < -0.3 is 10.3 Å². The largest absolute Gasteiger partial charge is 0.351 e. The third-order valence-electron chi connectivity index (χ3n) is 5.23. The van der Waals surface area contributed by atoms with Crippen molar-refractivity contribution in [1.29, 1.82) is 0 Å². The Bertz CT molecular complexity index is 909. The number of amides is 1. The van der Waals surface area contributed by atoms with Crippen LogP contribution < -0.4 is 10.0 Å². The van der Waals surface area contributed by atoms with Gasteiger partial charge in [0.05, 0.1) is 5.75 Å². The highest BCUT2D eigenvalue weighted by molar-refractivity contribution is 7.92. The summed E-state index contributed by atoms with van der Waals surface area (Å²) in [6.45, 7) is 0. The fraction of sp³-hybridized carbons (Fsp3) is 0.526. The van der Waals surface area contributed by atoms with E-state index in [1.807, 2.05) is 6.07 Å². The molecule has 0 atom stereocenters. The van der Waals surface area contributed by atoms with Gasteiger partial charge in [-0.3, -0.25) is 9.52 Å². The summed E-state index contributed by atoms with van der Waals surface area (Å²) < 4.78 is 27.6. The molecule has 2 aliphatic carbocycles. The molecule has 0 unspecified atom stereocenters. The van der Waals surface area contributed by atoms with Crippen LogP contribution in [0.4, 0.5) is 5.69 Å². The highest BCUT2D eigenvalue weighted by Gasteiger charge is 2.25. The fourth-order valence-corrected chi connectivity index (χ4v) is 5.22. The molecule has 1 aromatic carbocycles. The molecule has 2 fully saturated rings. The average Bonchev–Trinajstić information content (AvgIpc) is 3.30. The summed E-state index contributed by atoms with van der Waals surface area (Å²) >= 11 is 0. The third-order valence-corrected chi connectivity index (χ3v) is 6.69. The van der Waals surface area contributed by atoms with Crippen LogP contribution in [0.5, 0.6) is 0 Å². The highest BCUT2D eigenvalue weighted by Crippen LogP contribution is 2.26. The lowest BCUT2D eigenvalue weighted by Crippen LogP contribution is -2.25. The number of benzene rings is 1. The first kappa shape index (κ1) is 17.4. The topological polar surface area (TPSA) is 91.1 Å². The van der Waals surface area contributed by atoms with Crippen LogP contribution in [-0.2, 0) is 10.0 Å². The molecule has 0 aliphatic heterocycles. The second-order valence-electron chi connectivity index (χ2n) is 7.62. The molecule has 1 heterocycles. The lowest BCUT2D eigenvalue weighted by atomic mass is 9.91. The standard InChI is InChI=1S/C19H25N3O3S/c23-19(20-15-6-7-15)18-11-14-10-16(8-9-17(14)21-18)22-26(24,25)12-13-4-2-1-3-5-13/h8-11,13,15,21-22H,1-7,12H2,(H,20,23). The Morgan fingerprint density at radius 1 is 1.08 bits per heavy atom. The zero-order valence-corrected chi connectivity index (χ0v) is 15.6. The Hall–Kier alpha value is -2.02. The Kier molecular flexibility index (Phi) is 4.65. The van der Waals surface area contributed by atoms with E-state index in [1.54, 1.807) is 18.2 Å². The van der Waals surface area contributed by atoms with E-state index in [0.717, 1.165) is 49.4 Å². The van der Waals surface area contributed by atoms with Crippen molar-refractivity contribution in [3.05, 3.63) is 30.0 Å². The summed E-state index contributed by atoms with van der Waals surface area (Å²) in [5.74, 6) is 0.339. The van der Waals surface area contributed by atoms with Crippen LogP contribution in [0.3, 0.4) is 0 Å². The van der Waals surface area contributed by atoms with Gasteiger partial charge in [-0.25, -0.2) is 8.42 Å². The molecule has 6 nitrogen and oxygen atoms in total. The van der Waals surface area contributed by atoms with E-state index in [0.29, 0.717) is 17.4 Å². The molecule has 26 heavy (non-hydrogen) atoms. The van der Waals surface area contributed by atoms with Crippen molar-refractivity contribution in [2.24, 2.45) is 5.92 Å². The van der Waals surface area contributed by atoms with Crippen LogP contribution in [0.15, 0.2) is 24.3 Å². The molecule has 7 heteroatoms. The maximum atomic E-state index is 12.5. The van der Waals surface area contributed by atoms with Gasteiger partial charge in [0.25, 0.3) is 5.91 Å². The molecule has 140 valence electrons.